The van der Waals surface area contributed by atoms with Gasteiger partial charge in [-0.1, -0.05) is 31.9 Å². The minimum atomic E-state index is 0. The van der Waals surface area contributed by atoms with Crippen molar-refractivity contribution in [3.8, 4) is 0 Å². The molecule has 0 unspecified atom stereocenters. The van der Waals surface area contributed by atoms with Crippen LogP contribution in [0.1, 0.15) is 18.0 Å². The topological polar surface area (TPSA) is 52.0 Å². The van der Waals surface area contributed by atoms with Crippen LogP contribution in [0.5, 0.6) is 0 Å². The fourth-order valence-electron chi connectivity index (χ4n) is 1.13. The largest absolute Gasteiger partial charge is 0.330 e. The summed E-state index contributed by atoms with van der Waals surface area (Å²) in [6.07, 6.45) is 0.801. The molecule has 1 atom stereocenters. The van der Waals surface area contributed by atoms with Crippen molar-refractivity contribution in [2.75, 3.05) is 6.54 Å². The van der Waals surface area contributed by atoms with Gasteiger partial charge >= 0.3 is 0 Å². The van der Waals surface area contributed by atoms with Crippen LogP contribution in [0.2, 0.25) is 0 Å². The zero-order valence-electron chi connectivity index (χ0n) is 7.54. The molecule has 1 aromatic carbocycles. The predicted octanol–water partition coefficient (Wildman–Crippen LogP) is 2.98. The highest BCUT2D eigenvalue weighted by atomic mass is 79.9. The zero-order valence-corrected chi connectivity index (χ0v) is 11.5. The Labute approximate surface area is 107 Å². The van der Waals surface area contributed by atoms with Crippen molar-refractivity contribution in [1.29, 1.82) is 0 Å². The third-order valence-electron chi connectivity index (χ3n) is 1.84. The van der Waals surface area contributed by atoms with E-state index in [4.69, 9.17) is 11.5 Å². The van der Waals surface area contributed by atoms with Crippen LogP contribution in [0, 0.1) is 0 Å². The van der Waals surface area contributed by atoms with E-state index in [1.54, 1.807) is 0 Å². The van der Waals surface area contributed by atoms with Crippen molar-refractivity contribution in [3.05, 3.63) is 32.7 Å². The first-order valence-electron chi connectivity index (χ1n) is 4.05. The molecule has 0 aliphatic rings. The molecule has 0 aliphatic carbocycles. The normalized spacial score (nSPS) is 12.0. The maximum absolute atomic E-state index is 5.94. The predicted molar refractivity (Wildman–Crippen MR) is 69.7 cm³/mol. The Morgan fingerprint density at radius 3 is 2.50 bits per heavy atom. The van der Waals surface area contributed by atoms with Crippen LogP contribution < -0.4 is 11.5 Å². The van der Waals surface area contributed by atoms with Crippen LogP contribution >= 0.6 is 44.3 Å². The van der Waals surface area contributed by atoms with Crippen molar-refractivity contribution >= 4 is 44.3 Å². The fraction of sp³-hybridized carbons (Fsp3) is 0.333. The smallest absolute Gasteiger partial charge is 0.0318 e. The third kappa shape index (κ3) is 3.87. The second-order valence-electron chi connectivity index (χ2n) is 2.85. The Morgan fingerprint density at radius 2 is 1.93 bits per heavy atom. The van der Waals surface area contributed by atoms with Crippen LogP contribution in [0.25, 0.3) is 0 Å². The van der Waals surface area contributed by atoms with Crippen molar-refractivity contribution in [2.45, 2.75) is 12.5 Å². The number of halogens is 3. The first-order valence-corrected chi connectivity index (χ1v) is 5.64. The highest BCUT2D eigenvalue weighted by Gasteiger charge is 2.08. The van der Waals surface area contributed by atoms with Gasteiger partial charge in [0, 0.05) is 15.0 Å². The van der Waals surface area contributed by atoms with Gasteiger partial charge in [0.2, 0.25) is 0 Å². The Bertz CT molecular complexity index is 294. The molecule has 14 heavy (non-hydrogen) atoms. The van der Waals surface area contributed by atoms with Gasteiger partial charge in [0.15, 0.2) is 0 Å². The van der Waals surface area contributed by atoms with Gasteiger partial charge in [-0.2, -0.15) is 0 Å². The Morgan fingerprint density at radius 1 is 1.29 bits per heavy atom. The van der Waals surface area contributed by atoms with E-state index in [1.165, 1.54) is 0 Å². The van der Waals surface area contributed by atoms with E-state index in [-0.39, 0.29) is 18.4 Å². The van der Waals surface area contributed by atoms with Crippen LogP contribution in [0.4, 0.5) is 0 Å². The molecule has 0 radical (unpaired) electrons. The molecule has 0 saturated carbocycles. The SMILES string of the molecule is Cl.NCC[C@H](N)c1cc(Br)ccc1Br. The maximum atomic E-state index is 5.94. The Balaban J connectivity index is 0.00000169. The van der Waals surface area contributed by atoms with E-state index >= 15 is 0 Å². The van der Waals surface area contributed by atoms with Gasteiger partial charge in [-0.15, -0.1) is 12.4 Å². The molecule has 0 aromatic heterocycles. The average molecular weight is 344 g/mol. The molecule has 5 heteroatoms. The molecule has 0 fully saturated rings. The highest BCUT2D eigenvalue weighted by molar-refractivity contribution is 9.11. The Kier molecular flexibility index (Phi) is 6.99. The number of rotatable bonds is 3. The van der Waals surface area contributed by atoms with Gasteiger partial charge in [0.1, 0.15) is 0 Å². The summed E-state index contributed by atoms with van der Waals surface area (Å²) in [6.45, 7) is 0.611. The second-order valence-corrected chi connectivity index (χ2v) is 4.62. The number of hydrogen-bond acceptors (Lipinski definition) is 2. The van der Waals surface area contributed by atoms with E-state index in [2.05, 4.69) is 31.9 Å². The summed E-state index contributed by atoms with van der Waals surface area (Å²) in [5.41, 5.74) is 12.5. The molecule has 2 nitrogen and oxygen atoms in total. The van der Waals surface area contributed by atoms with E-state index < -0.39 is 0 Å². The van der Waals surface area contributed by atoms with Crippen LogP contribution in [-0.2, 0) is 0 Å². The monoisotopic (exact) mass is 342 g/mol. The summed E-state index contributed by atoms with van der Waals surface area (Å²) in [5.74, 6) is 0. The molecular weight excluding hydrogens is 331 g/mol. The summed E-state index contributed by atoms with van der Waals surface area (Å²) >= 11 is 6.87. The van der Waals surface area contributed by atoms with E-state index in [9.17, 15) is 0 Å². The lowest BCUT2D eigenvalue weighted by molar-refractivity contribution is 0.658. The van der Waals surface area contributed by atoms with Crippen molar-refractivity contribution < 1.29 is 0 Å². The molecule has 0 amide bonds. The van der Waals surface area contributed by atoms with Crippen molar-refractivity contribution in [1.82, 2.24) is 0 Å². The molecule has 1 rings (SSSR count). The summed E-state index contributed by atoms with van der Waals surface area (Å²) < 4.78 is 2.08. The number of nitrogens with two attached hydrogens (primary N) is 2. The Hall–Kier alpha value is 0.390. The summed E-state index contributed by atoms with van der Waals surface area (Å²) in [7, 11) is 0. The van der Waals surface area contributed by atoms with Gasteiger partial charge in [0.05, 0.1) is 0 Å². The summed E-state index contributed by atoms with van der Waals surface area (Å²) in [6, 6.07) is 5.99. The molecule has 0 bridgehead atoms. The van der Waals surface area contributed by atoms with E-state index in [1.807, 2.05) is 18.2 Å². The average Bonchev–Trinajstić information content (AvgIpc) is 2.09. The minimum absolute atomic E-state index is 0. The molecule has 80 valence electrons. The molecule has 0 saturated heterocycles. The molecule has 0 heterocycles. The molecule has 0 aliphatic heterocycles. The maximum Gasteiger partial charge on any atom is 0.0318 e. The minimum Gasteiger partial charge on any atom is -0.330 e. The van der Waals surface area contributed by atoms with Crippen molar-refractivity contribution in [2.24, 2.45) is 11.5 Å². The third-order valence-corrected chi connectivity index (χ3v) is 3.05. The van der Waals surface area contributed by atoms with Crippen molar-refractivity contribution in [3.63, 3.8) is 0 Å². The van der Waals surface area contributed by atoms with Crippen LogP contribution in [0.15, 0.2) is 27.1 Å². The zero-order chi connectivity index (χ0) is 9.84. The van der Waals surface area contributed by atoms with Gasteiger partial charge in [0.25, 0.3) is 0 Å². The number of hydrogen-bond donors (Lipinski definition) is 2. The lowest BCUT2D eigenvalue weighted by Gasteiger charge is -2.12. The molecule has 0 spiro atoms. The molecule has 4 N–H and O–H groups in total. The number of benzene rings is 1. The first kappa shape index (κ1) is 14.4. The van der Waals surface area contributed by atoms with Gasteiger partial charge in [-0.3, -0.25) is 0 Å². The lowest BCUT2D eigenvalue weighted by atomic mass is 10.1. The van der Waals surface area contributed by atoms with E-state index in [0.29, 0.717) is 6.54 Å². The summed E-state index contributed by atoms with van der Waals surface area (Å²) in [4.78, 5) is 0. The highest BCUT2D eigenvalue weighted by Crippen LogP contribution is 2.26. The van der Waals surface area contributed by atoms with E-state index in [0.717, 1.165) is 20.9 Å². The standard InChI is InChI=1S/C9H12Br2N2.ClH/c10-6-1-2-8(11)7(5-6)9(13)3-4-12;/h1-2,5,9H,3-4,12-13H2;1H/t9-;/m0./s1. The fourth-order valence-corrected chi connectivity index (χ4v) is 2.05. The summed E-state index contributed by atoms with van der Waals surface area (Å²) in [5, 5.41) is 0. The van der Waals surface area contributed by atoms with Gasteiger partial charge in [-0.05, 0) is 36.7 Å². The van der Waals surface area contributed by atoms with Gasteiger partial charge < -0.3 is 11.5 Å². The van der Waals surface area contributed by atoms with Crippen LogP contribution in [0.3, 0.4) is 0 Å². The molecular formula is C9H13Br2ClN2. The van der Waals surface area contributed by atoms with Crippen LogP contribution in [-0.4, -0.2) is 6.54 Å². The van der Waals surface area contributed by atoms with Gasteiger partial charge in [-0.25, -0.2) is 0 Å². The second kappa shape index (κ2) is 6.80. The lowest BCUT2D eigenvalue weighted by Crippen LogP contribution is -2.15. The first-order chi connectivity index (χ1) is 6.15. The quantitative estimate of drug-likeness (QED) is 0.886. The molecule has 1 aromatic rings.